The Morgan fingerprint density at radius 1 is 1.20 bits per heavy atom. The van der Waals surface area contributed by atoms with Gasteiger partial charge in [-0.25, -0.2) is 8.42 Å². The molecule has 4 rings (SSSR count). The van der Waals surface area contributed by atoms with E-state index in [0.717, 1.165) is 23.3 Å². The number of hydrogen-bond acceptors (Lipinski definition) is 7. The summed E-state index contributed by atoms with van der Waals surface area (Å²) in [5.74, 6) is -0.131. The lowest BCUT2D eigenvalue weighted by atomic mass is 10.0. The maximum absolute atomic E-state index is 13.0. The number of hydrogen-bond donors (Lipinski definition) is 1. The Labute approximate surface area is 182 Å². The fourth-order valence-electron chi connectivity index (χ4n) is 3.34. The Morgan fingerprint density at radius 2 is 2.00 bits per heavy atom. The molecule has 0 radical (unpaired) electrons. The number of carbonyl (C=O) groups excluding carboxylic acids is 1. The first kappa shape index (κ1) is 21.0. The quantitative estimate of drug-likeness (QED) is 0.595. The van der Waals surface area contributed by atoms with Gasteiger partial charge in [0.05, 0.1) is 10.8 Å². The molecule has 1 saturated heterocycles. The molecule has 0 bridgehead atoms. The van der Waals surface area contributed by atoms with Crippen molar-refractivity contribution in [1.29, 1.82) is 0 Å². The summed E-state index contributed by atoms with van der Waals surface area (Å²) in [5, 5.41) is 10.4. The van der Waals surface area contributed by atoms with Crippen LogP contribution in [-0.2, 0) is 21.2 Å². The maximum Gasteiger partial charge on any atom is 0.322 e. The van der Waals surface area contributed by atoms with Crippen LogP contribution in [0.2, 0.25) is 4.34 Å². The van der Waals surface area contributed by atoms with Crippen molar-refractivity contribution in [2.45, 2.75) is 35.9 Å². The predicted molar refractivity (Wildman–Crippen MR) is 113 cm³/mol. The highest BCUT2D eigenvalue weighted by atomic mass is 35.5. The minimum Gasteiger partial charge on any atom is -0.407 e. The zero-order valence-electron chi connectivity index (χ0n) is 15.8. The van der Waals surface area contributed by atoms with E-state index in [-0.39, 0.29) is 16.8 Å². The number of amides is 1. The second-order valence-corrected chi connectivity index (χ2v) is 10.7. The fraction of sp³-hybridized carbons (Fsp3) is 0.316. The SMILES string of the molecule is O=C(Nc1nnc(Cc2ccccc2)o1)C1CCCCN1S(=O)(=O)c1ccc(Cl)s1. The third-order valence-corrected chi connectivity index (χ3v) is 8.37. The number of sulfonamides is 1. The summed E-state index contributed by atoms with van der Waals surface area (Å²) < 4.78 is 33.3. The topological polar surface area (TPSA) is 105 Å². The summed E-state index contributed by atoms with van der Waals surface area (Å²) in [4.78, 5) is 12.9. The highest BCUT2D eigenvalue weighted by Crippen LogP contribution is 2.32. The third kappa shape index (κ3) is 4.56. The summed E-state index contributed by atoms with van der Waals surface area (Å²) in [6.07, 6.45) is 2.28. The van der Waals surface area contributed by atoms with Crippen molar-refractivity contribution >= 4 is 44.9 Å². The molecule has 0 aliphatic carbocycles. The van der Waals surface area contributed by atoms with Crippen LogP contribution in [0, 0.1) is 0 Å². The molecule has 1 aromatic carbocycles. The van der Waals surface area contributed by atoms with E-state index < -0.39 is 22.0 Å². The van der Waals surface area contributed by atoms with Crippen molar-refractivity contribution in [3.8, 4) is 0 Å². The molecule has 3 heterocycles. The number of nitrogens with one attached hydrogen (secondary N) is 1. The van der Waals surface area contributed by atoms with Gasteiger partial charge in [0.15, 0.2) is 0 Å². The van der Waals surface area contributed by atoms with Crippen LogP contribution in [0.1, 0.15) is 30.7 Å². The van der Waals surface area contributed by atoms with E-state index in [1.807, 2.05) is 30.3 Å². The van der Waals surface area contributed by atoms with Gasteiger partial charge < -0.3 is 4.42 Å². The van der Waals surface area contributed by atoms with E-state index in [2.05, 4.69) is 15.5 Å². The van der Waals surface area contributed by atoms with E-state index in [0.29, 0.717) is 29.5 Å². The predicted octanol–water partition coefficient (Wildman–Crippen LogP) is 3.56. The molecule has 1 atom stereocenters. The van der Waals surface area contributed by atoms with Crippen LogP contribution in [-0.4, -0.2) is 41.4 Å². The largest absolute Gasteiger partial charge is 0.407 e. The Bertz CT molecular complexity index is 1130. The molecule has 8 nitrogen and oxygen atoms in total. The molecule has 1 aliphatic rings. The molecule has 30 heavy (non-hydrogen) atoms. The normalized spacial score (nSPS) is 17.7. The average molecular weight is 467 g/mol. The molecule has 1 unspecified atom stereocenters. The van der Waals surface area contributed by atoms with Gasteiger partial charge in [-0.15, -0.1) is 16.4 Å². The second-order valence-electron chi connectivity index (χ2n) is 6.84. The minimum absolute atomic E-state index is 0.0481. The van der Waals surface area contributed by atoms with E-state index in [9.17, 15) is 13.2 Å². The van der Waals surface area contributed by atoms with Crippen LogP contribution >= 0.6 is 22.9 Å². The average Bonchev–Trinajstić information content (AvgIpc) is 3.38. The van der Waals surface area contributed by atoms with Crippen LogP contribution in [0.5, 0.6) is 0 Å². The molecule has 11 heteroatoms. The number of rotatable bonds is 6. The van der Waals surface area contributed by atoms with Gasteiger partial charge in [-0.1, -0.05) is 53.5 Å². The summed E-state index contributed by atoms with van der Waals surface area (Å²) in [6.45, 7) is 0.263. The smallest absolute Gasteiger partial charge is 0.322 e. The van der Waals surface area contributed by atoms with E-state index in [1.54, 1.807) is 0 Å². The third-order valence-electron chi connectivity index (χ3n) is 4.76. The highest BCUT2D eigenvalue weighted by Gasteiger charge is 2.38. The van der Waals surface area contributed by atoms with Gasteiger partial charge in [0.1, 0.15) is 10.3 Å². The van der Waals surface area contributed by atoms with E-state index in [4.69, 9.17) is 16.0 Å². The van der Waals surface area contributed by atoms with Crippen LogP contribution in [0.25, 0.3) is 0 Å². The van der Waals surface area contributed by atoms with E-state index in [1.165, 1.54) is 16.4 Å². The number of anilines is 1. The maximum atomic E-state index is 13.0. The van der Waals surface area contributed by atoms with Gasteiger partial charge >= 0.3 is 6.01 Å². The van der Waals surface area contributed by atoms with Crippen molar-refractivity contribution in [3.63, 3.8) is 0 Å². The van der Waals surface area contributed by atoms with Crippen LogP contribution in [0.15, 0.2) is 51.1 Å². The monoisotopic (exact) mass is 466 g/mol. The van der Waals surface area contributed by atoms with Gasteiger partial charge in [-0.3, -0.25) is 10.1 Å². The number of aromatic nitrogens is 2. The lowest BCUT2D eigenvalue weighted by Gasteiger charge is -2.32. The fourth-order valence-corrected chi connectivity index (χ4v) is 6.61. The van der Waals surface area contributed by atoms with Gasteiger partial charge in [0, 0.05) is 6.54 Å². The molecule has 0 spiro atoms. The van der Waals surface area contributed by atoms with Crippen molar-refractivity contribution in [2.24, 2.45) is 0 Å². The van der Waals surface area contributed by atoms with Crippen molar-refractivity contribution < 1.29 is 17.6 Å². The van der Waals surface area contributed by atoms with Crippen molar-refractivity contribution in [1.82, 2.24) is 14.5 Å². The first-order chi connectivity index (χ1) is 14.4. The lowest BCUT2D eigenvalue weighted by molar-refractivity contribution is -0.120. The molecular weight excluding hydrogens is 448 g/mol. The van der Waals surface area contributed by atoms with E-state index >= 15 is 0 Å². The highest BCUT2D eigenvalue weighted by molar-refractivity contribution is 7.91. The standard InChI is InChI=1S/C19H19ClN4O4S2/c20-15-9-10-17(29-15)30(26,27)24-11-5-4-8-14(24)18(25)21-19-23-22-16(28-19)12-13-6-2-1-3-7-13/h1-3,6-7,9-10,14H,4-5,8,11-12H2,(H,21,23,25). The second kappa shape index (κ2) is 8.84. The number of thiophene rings is 1. The van der Waals surface area contributed by atoms with Crippen molar-refractivity contribution in [2.75, 3.05) is 11.9 Å². The number of nitrogens with zero attached hydrogens (tertiary/aromatic N) is 3. The van der Waals surface area contributed by atoms with Crippen LogP contribution in [0.4, 0.5) is 6.01 Å². The number of halogens is 1. The zero-order valence-corrected chi connectivity index (χ0v) is 18.2. The first-order valence-corrected chi connectivity index (χ1v) is 12.0. The van der Waals surface area contributed by atoms with Crippen molar-refractivity contribution in [3.05, 3.63) is 58.3 Å². The molecular formula is C19H19ClN4O4S2. The minimum atomic E-state index is -3.82. The molecule has 0 saturated carbocycles. The van der Waals surface area contributed by atoms with Crippen LogP contribution < -0.4 is 5.32 Å². The lowest BCUT2D eigenvalue weighted by Crippen LogP contribution is -2.49. The van der Waals surface area contributed by atoms with Gasteiger partial charge in [-0.05, 0) is 30.5 Å². The summed E-state index contributed by atoms with van der Waals surface area (Å²) in [7, 11) is -3.82. The summed E-state index contributed by atoms with van der Waals surface area (Å²) in [6, 6.07) is 11.7. The Kier molecular flexibility index (Phi) is 6.19. The number of carbonyl (C=O) groups is 1. The van der Waals surface area contributed by atoms with Crippen LogP contribution in [0.3, 0.4) is 0 Å². The summed E-state index contributed by atoms with van der Waals surface area (Å²) >= 11 is 6.87. The zero-order chi connectivity index (χ0) is 21.1. The molecule has 2 aromatic heterocycles. The molecule has 3 aromatic rings. The molecule has 1 aliphatic heterocycles. The Balaban J connectivity index is 1.48. The molecule has 1 amide bonds. The molecule has 1 N–H and O–H groups in total. The Morgan fingerprint density at radius 3 is 2.73 bits per heavy atom. The molecule has 1 fully saturated rings. The van der Waals surface area contributed by atoms with Gasteiger partial charge in [-0.2, -0.15) is 4.31 Å². The molecule has 158 valence electrons. The number of benzene rings is 1. The van der Waals surface area contributed by atoms with Gasteiger partial charge in [0.25, 0.3) is 10.0 Å². The number of piperidine rings is 1. The summed E-state index contributed by atoms with van der Waals surface area (Å²) in [5.41, 5.74) is 0.998. The Hall–Kier alpha value is -2.27. The first-order valence-electron chi connectivity index (χ1n) is 9.38. The van der Waals surface area contributed by atoms with Gasteiger partial charge in [0.2, 0.25) is 11.8 Å².